The average molecular weight is 286 g/mol. The van der Waals surface area contributed by atoms with E-state index < -0.39 is 11.8 Å². The van der Waals surface area contributed by atoms with Crippen molar-refractivity contribution in [2.24, 2.45) is 0 Å². The van der Waals surface area contributed by atoms with Gasteiger partial charge in [-0.2, -0.15) is 0 Å². The number of ketones is 1. The zero-order valence-corrected chi connectivity index (χ0v) is 11.4. The molecule has 0 unspecified atom stereocenters. The predicted octanol–water partition coefficient (Wildman–Crippen LogP) is 3.53. The van der Waals surface area contributed by atoms with Gasteiger partial charge in [-0.1, -0.05) is 30.3 Å². The second kappa shape index (κ2) is 7.33. The minimum absolute atomic E-state index is 0.0169. The van der Waals surface area contributed by atoms with Crippen LogP contribution in [0, 0.1) is 5.82 Å². The monoisotopic (exact) mass is 286 g/mol. The molecule has 21 heavy (non-hydrogen) atoms. The zero-order chi connectivity index (χ0) is 15.1. The first kappa shape index (κ1) is 14.9. The Kier molecular flexibility index (Phi) is 5.21. The number of hydrogen-bond acceptors (Lipinski definition) is 3. The first-order chi connectivity index (χ1) is 10.1. The smallest absolute Gasteiger partial charge is 0.306 e. The van der Waals surface area contributed by atoms with Crippen LogP contribution in [-0.4, -0.2) is 11.8 Å². The third-order valence-corrected chi connectivity index (χ3v) is 2.97. The van der Waals surface area contributed by atoms with Crippen molar-refractivity contribution in [2.75, 3.05) is 0 Å². The third kappa shape index (κ3) is 4.84. The summed E-state index contributed by atoms with van der Waals surface area (Å²) in [5.41, 5.74) is 1.29. The Balaban J connectivity index is 1.76. The van der Waals surface area contributed by atoms with Gasteiger partial charge in [0, 0.05) is 12.0 Å². The summed E-state index contributed by atoms with van der Waals surface area (Å²) in [6.07, 6.45) is 0.0717. The van der Waals surface area contributed by atoms with Crippen LogP contribution in [0.1, 0.15) is 28.8 Å². The van der Waals surface area contributed by atoms with Crippen LogP contribution in [0.4, 0.5) is 4.39 Å². The largest absolute Gasteiger partial charge is 0.461 e. The van der Waals surface area contributed by atoms with Crippen LogP contribution in [-0.2, 0) is 16.1 Å². The van der Waals surface area contributed by atoms with Crippen LogP contribution < -0.4 is 0 Å². The molecule has 0 saturated carbocycles. The van der Waals surface area contributed by atoms with Crippen molar-refractivity contribution in [2.45, 2.75) is 19.4 Å². The molecule has 0 heterocycles. The SMILES string of the molecule is O=C(CCC(=O)c1ccc(F)cc1)OCc1ccccc1. The van der Waals surface area contributed by atoms with E-state index in [1.165, 1.54) is 24.3 Å². The van der Waals surface area contributed by atoms with Crippen molar-refractivity contribution in [1.82, 2.24) is 0 Å². The van der Waals surface area contributed by atoms with E-state index in [9.17, 15) is 14.0 Å². The highest BCUT2D eigenvalue weighted by molar-refractivity contribution is 5.97. The number of carbonyl (C=O) groups excluding carboxylic acids is 2. The first-order valence-corrected chi connectivity index (χ1v) is 6.63. The van der Waals surface area contributed by atoms with E-state index in [4.69, 9.17) is 4.74 Å². The lowest BCUT2D eigenvalue weighted by Gasteiger charge is -2.05. The highest BCUT2D eigenvalue weighted by atomic mass is 19.1. The summed E-state index contributed by atoms with van der Waals surface area (Å²) >= 11 is 0. The van der Waals surface area contributed by atoms with Gasteiger partial charge in [-0.3, -0.25) is 9.59 Å². The maximum absolute atomic E-state index is 12.7. The molecule has 3 nitrogen and oxygen atoms in total. The van der Waals surface area contributed by atoms with Crippen LogP contribution in [0.3, 0.4) is 0 Å². The first-order valence-electron chi connectivity index (χ1n) is 6.63. The van der Waals surface area contributed by atoms with Gasteiger partial charge in [0.15, 0.2) is 5.78 Å². The highest BCUT2D eigenvalue weighted by Gasteiger charge is 2.10. The second-order valence-corrected chi connectivity index (χ2v) is 4.58. The van der Waals surface area contributed by atoms with Crippen LogP contribution in [0.25, 0.3) is 0 Å². The number of benzene rings is 2. The van der Waals surface area contributed by atoms with Gasteiger partial charge in [-0.15, -0.1) is 0 Å². The van der Waals surface area contributed by atoms with E-state index >= 15 is 0 Å². The summed E-state index contributed by atoms with van der Waals surface area (Å²) in [5.74, 6) is -1.02. The molecule has 0 radical (unpaired) electrons. The summed E-state index contributed by atoms with van der Waals surface area (Å²) in [6.45, 7) is 0.199. The lowest BCUT2D eigenvalue weighted by molar-refractivity contribution is -0.144. The number of Topliss-reactive ketones (excluding diaryl/α,β-unsaturated/α-hetero) is 1. The molecule has 108 valence electrons. The van der Waals surface area contributed by atoms with Crippen LogP contribution in [0.5, 0.6) is 0 Å². The van der Waals surface area contributed by atoms with Crippen molar-refractivity contribution in [3.63, 3.8) is 0 Å². The fourth-order valence-electron chi connectivity index (χ4n) is 1.81. The molecule has 0 N–H and O–H groups in total. The van der Waals surface area contributed by atoms with E-state index in [2.05, 4.69) is 0 Å². The molecule has 2 aromatic rings. The van der Waals surface area contributed by atoms with Gasteiger partial charge in [-0.05, 0) is 29.8 Å². The molecule has 0 spiro atoms. The highest BCUT2D eigenvalue weighted by Crippen LogP contribution is 2.08. The Morgan fingerprint density at radius 1 is 0.905 bits per heavy atom. The summed E-state index contributed by atoms with van der Waals surface area (Å²) in [6, 6.07) is 14.6. The molecular formula is C17H15FO3. The predicted molar refractivity (Wildman–Crippen MR) is 76.2 cm³/mol. The molecule has 0 fully saturated rings. The van der Waals surface area contributed by atoms with Gasteiger partial charge >= 0.3 is 5.97 Å². The van der Waals surface area contributed by atoms with Gasteiger partial charge in [0.25, 0.3) is 0 Å². The molecule has 4 heteroatoms. The van der Waals surface area contributed by atoms with Gasteiger partial charge in [0.2, 0.25) is 0 Å². The van der Waals surface area contributed by atoms with Crippen molar-refractivity contribution in [3.8, 4) is 0 Å². The number of hydrogen-bond donors (Lipinski definition) is 0. The van der Waals surface area contributed by atoms with Gasteiger partial charge in [0.05, 0.1) is 6.42 Å². The topological polar surface area (TPSA) is 43.4 Å². The molecule has 0 bridgehead atoms. The van der Waals surface area contributed by atoms with Crippen molar-refractivity contribution in [3.05, 3.63) is 71.5 Å². The van der Waals surface area contributed by atoms with Crippen LogP contribution in [0.15, 0.2) is 54.6 Å². The number of carbonyl (C=O) groups is 2. The quantitative estimate of drug-likeness (QED) is 0.602. The number of halogens is 1. The van der Waals surface area contributed by atoms with Gasteiger partial charge < -0.3 is 4.74 Å². The number of ether oxygens (including phenoxy) is 1. The summed E-state index contributed by atoms with van der Waals surface area (Å²) < 4.78 is 17.8. The maximum atomic E-state index is 12.7. The van der Waals surface area contributed by atoms with Gasteiger partial charge in [0.1, 0.15) is 12.4 Å². The minimum Gasteiger partial charge on any atom is -0.461 e. The molecule has 0 aliphatic heterocycles. The van der Waals surface area contributed by atoms with E-state index in [0.717, 1.165) is 5.56 Å². The Morgan fingerprint density at radius 2 is 1.57 bits per heavy atom. The average Bonchev–Trinajstić information content (AvgIpc) is 2.52. The van der Waals surface area contributed by atoms with E-state index in [0.29, 0.717) is 5.56 Å². The Hall–Kier alpha value is -2.49. The molecule has 0 amide bonds. The molecule has 0 aliphatic rings. The molecule has 0 aliphatic carbocycles. The van der Waals surface area contributed by atoms with Crippen molar-refractivity contribution in [1.29, 1.82) is 0 Å². The normalized spacial score (nSPS) is 10.1. The zero-order valence-electron chi connectivity index (χ0n) is 11.4. The molecule has 2 aromatic carbocycles. The van der Waals surface area contributed by atoms with Crippen molar-refractivity contribution < 1.29 is 18.7 Å². The van der Waals surface area contributed by atoms with E-state index in [1.54, 1.807) is 0 Å². The van der Waals surface area contributed by atoms with E-state index in [1.807, 2.05) is 30.3 Å². The molecular weight excluding hydrogens is 271 g/mol. The molecule has 0 aromatic heterocycles. The Labute approximate surface area is 122 Å². The summed E-state index contributed by atoms with van der Waals surface area (Å²) in [4.78, 5) is 23.4. The molecule has 2 rings (SSSR count). The molecule has 0 saturated heterocycles. The molecule has 0 atom stereocenters. The lowest BCUT2D eigenvalue weighted by atomic mass is 10.1. The van der Waals surface area contributed by atoms with Crippen LogP contribution >= 0.6 is 0 Å². The van der Waals surface area contributed by atoms with E-state index in [-0.39, 0.29) is 25.2 Å². The van der Waals surface area contributed by atoms with Crippen molar-refractivity contribution >= 4 is 11.8 Å². The van der Waals surface area contributed by atoms with Crippen LogP contribution in [0.2, 0.25) is 0 Å². The summed E-state index contributed by atoms with van der Waals surface area (Å²) in [7, 11) is 0. The lowest BCUT2D eigenvalue weighted by Crippen LogP contribution is -2.08. The Bertz CT molecular complexity index is 606. The maximum Gasteiger partial charge on any atom is 0.306 e. The fourth-order valence-corrected chi connectivity index (χ4v) is 1.81. The van der Waals surface area contributed by atoms with Gasteiger partial charge in [-0.25, -0.2) is 4.39 Å². The standard InChI is InChI=1S/C17H15FO3/c18-15-8-6-14(7-9-15)16(19)10-11-17(20)21-12-13-4-2-1-3-5-13/h1-9H,10-12H2. The minimum atomic E-state index is -0.422. The number of rotatable bonds is 6. The summed E-state index contributed by atoms with van der Waals surface area (Å²) in [5, 5.41) is 0. The number of esters is 1. The Morgan fingerprint density at radius 3 is 2.24 bits per heavy atom. The third-order valence-electron chi connectivity index (χ3n) is 2.97. The fraction of sp³-hybridized carbons (Fsp3) is 0.176. The second-order valence-electron chi connectivity index (χ2n) is 4.58.